The summed E-state index contributed by atoms with van der Waals surface area (Å²) in [6.45, 7) is 4.20. The Hall–Kier alpha value is -2.83. The lowest BCUT2D eigenvalue weighted by Gasteiger charge is -2.09. The van der Waals surface area contributed by atoms with Gasteiger partial charge in [0, 0.05) is 22.8 Å². The molecule has 5 nitrogen and oxygen atoms in total. The molecule has 2 aromatic heterocycles. The number of nitrogens with zero attached hydrogens (tertiary/aromatic N) is 2. The highest BCUT2D eigenvalue weighted by atomic mass is 35.5. The van der Waals surface area contributed by atoms with E-state index in [2.05, 4.69) is 37.4 Å². The van der Waals surface area contributed by atoms with Gasteiger partial charge in [0.1, 0.15) is 5.75 Å². The van der Waals surface area contributed by atoms with Crippen molar-refractivity contribution in [3.05, 3.63) is 70.9 Å². The van der Waals surface area contributed by atoms with Crippen LogP contribution in [0, 0.1) is 13.8 Å². The Labute approximate surface area is 179 Å². The van der Waals surface area contributed by atoms with Crippen LogP contribution in [0.1, 0.15) is 16.8 Å². The standard InChI is InChI=1S/C22H21N3O2S.ClH/c1-14-8-9-16(10-15(14)2)19-12-25-17(13-28-22(25)24-19)11-21(26)23-18-6-4-5-7-20(18)27-3;/h4-10,12-13H,11H2,1-3H3,(H,23,26);1H. The average molecular weight is 428 g/mol. The molecule has 0 radical (unpaired) electrons. The summed E-state index contributed by atoms with van der Waals surface area (Å²) in [6.07, 6.45) is 2.27. The van der Waals surface area contributed by atoms with Gasteiger partial charge in [-0.15, -0.1) is 23.7 Å². The summed E-state index contributed by atoms with van der Waals surface area (Å²) < 4.78 is 7.29. The van der Waals surface area contributed by atoms with Gasteiger partial charge in [0.2, 0.25) is 5.91 Å². The highest BCUT2D eigenvalue weighted by Crippen LogP contribution is 2.26. The van der Waals surface area contributed by atoms with Gasteiger partial charge < -0.3 is 10.1 Å². The molecular weight excluding hydrogens is 406 g/mol. The van der Waals surface area contributed by atoms with Crippen LogP contribution in [0.15, 0.2) is 54.0 Å². The van der Waals surface area contributed by atoms with Gasteiger partial charge >= 0.3 is 0 Å². The summed E-state index contributed by atoms with van der Waals surface area (Å²) in [5, 5.41) is 4.90. The van der Waals surface area contributed by atoms with E-state index in [1.54, 1.807) is 7.11 Å². The summed E-state index contributed by atoms with van der Waals surface area (Å²) in [5.74, 6) is 0.552. The minimum Gasteiger partial charge on any atom is -0.495 e. The zero-order valence-electron chi connectivity index (χ0n) is 16.4. The number of hydrogen-bond donors (Lipinski definition) is 1. The number of carbonyl (C=O) groups is 1. The number of aryl methyl sites for hydroxylation is 2. The lowest BCUT2D eigenvalue weighted by atomic mass is 10.0. The van der Waals surface area contributed by atoms with Gasteiger partial charge in [-0.3, -0.25) is 9.20 Å². The van der Waals surface area contributed by atoms with Gasteiger partial charge in [-0.05, 0) is 43.2 Å². The largest absolute Gasteiger partial charge is 0.495 e. The number of methoxy groups -OCH3 is 1. The zero-order valence-corrected chi connectivity index (χ0v) is 18.1. The first-order valence-electron chi connectivity index (χ1n) is 9.01. The fraction of sp³-hybridized carbons (Fsp3) is 0.182. The highest BCUT2D eigenvalue weighted by molar-refractivity contribution is 7.15. The number of anilines is 1. The first-order chi connectivity index (χ1) is 13.5. The van der Waals surface area contributed by atoms with Crippen LogP contribution < -0.4 is 10.1 Å². The minimum absolute atomic E-state index is 0. The number of fused-ring (bicyclic) bond motifs is 1. The van der Waals surface area contributed by atoms with Crippen molar-refractivity contribution in [1.82, 2.24) is 9.38 Å². The maximum Gasteiger partial charge on any atom is 0.230 e. The van der Waals surface area contributed by atoms with Crippen molar-refractivity contribution in [2.45, 2.75) is 20.3 Å². The van der Waals surface area contributed by atoms with E-state index in [1.807, 2.05) is 40.2 Å². The van der Waals surface area contributed by atoms with Crippen molar-refractivity contribution in [1.29, 1.82) is 0 Å². The Morgan fingerprint density at radius 3 is 2.72 bits per heavy atom. The number of amides is 1. The molecule has 0 bridgehead atoms. The number of ether oxygens (including phenoxy) is 1. The fourth-order valence-corrected chi connectivity index (χ4v) is 3.98. The van der Waals surface area contributed by atoms with Crippen LogP contribution in [0.25, 0.3) is 16.2 Å². The number of hydrogen-bond acceptors (Lipinski definition) is 4. The number of rotatable bonds is 5. The maximum absolute atomic E-state index is 12.6. The summed E-state index contributed by atoms with van der Waals surface area (Å²) in [4.78, 5) is 18.2. The lowest BCUT2D eigenvalue weighted by molar-refractivity contribution is -0.115. The Bertz CT molecular complexity index is 1170. The van der Waals surface area contributed by atoms with E-state index in [0.29, 0.717) is 11.4 Å². The number of nitrogens with one attached hydrogen (secondary N) is 1. The SMILES string of the molecule is COc1ccccc1NC(=O)Cc1csc2nc(-c3ccc(C)c(C)c3)cn12.Cl. The smallest absolute Gasteiger partial charge is 0.230 e. The number of halogens is 1. The maximum atomic E-state index is 12.6. The molecule has 0 atom stereocenters. The molecule has 0 unspecified atom stereocenters. The van der Waals surface area contributed by atoms with E-state index in [0.717, 1.165) is 21.9 Å². The first kappa shape index (κ1) is 20.9. The molecular formula is C22H22ClN3O2S. The van der Waals surface area contributed by atoms with Gasteiger partial charge in [0.25, 0.3) is 0 Å². The predicted molar refractivity (Wildman–Crippen MR) is 121 cm³/mol. The van der Waals surface area contributed by atoms with Gasteiger partial charge in [0.05, 0.1) is 24.9 Å². The van der Waals surface area contributed by atoms with Crippen molar-refractivity contribution >= 4 is 40.3 Å². The van der Waals surface area contributed by atoms with Crippen molar-refractivity contribution in [3.8, 4) is 17.0 Å². The summed E-state index contributed by atoms with van der Waals surface area (Å²) in [7, 11) is 1.59. The Balaban J connectivity index is 0.00000240. The third-order valence-electron chi connectivity index (χ3n) is 4.81. The molecule has 4 aromatic rings. The van der Waals surface area contributed by atoms with E-state index < -0.39 is 0 Å². The first-order valence-corrected chi connectivity index (χ1v) is 9.89. The normalized spacial score (nSPS) is 10.6. The molecule has 2 heterocycles. The van der Waals surface area contributed by atoms with Crippen LogP contribution in [0.5, 0.6) is 5.75 Å². The number of imidazole rings is 1. The van der Waals surface area contributed by atoms with E-state index in [-0.39, 0.29) is 24.7 Å². The molecule has 0 aliphatic carbocycles. The average Bonchev–Trinajstić information content (AvgIpc) is 3.26. The van der Waals surface area contributed by atoms with Crippen molar-refractivity contribution in [2.75, 3.05) is 12.4 Å². The number of para-hydroxylation sites is 2. The highest BCUT2D eigenvalue weighted by Gasteiger charge is 2.14. The number of thiazole rings is 1. The monoisotopic (exact) mass is 427 g/mol. The lowest BCUT2D eigenvalue weighted by Crippen LogP contribution is -2.15. The molecule has 7 heteroatoms. The molecule has 1 amide bonds. The second-order valence-corrected chi connectivity index (χ2v) is 7.57. The van der Waals surface area contributed by atoms with E-state index in [9.17, 15) is 4.79 Å². The molecule has 4 rings (SSSR count). The van der Waals surface area contributed by atoms with E-state index in [1.165, 1.54) is 22.5 Å². The molecule has 150 valence electrons. The zero-order chi connectivity index (χ0) is 19.7. The molecule has 0 aliphatic heterocycles. The third-order valence-corrected chi connectivity index (χ3v) is 5.70. The Morgan fingerprint density at radius 1 is 1.17 bits per heavy atom. The molecule has 2 aromatic carbocycles. The number of benzene rings is 2. The van der Waals surface area contributed by atoms with Gasteiger partial charge in [-0.25, -0.2) is 4.98 Å². The molecule has 0 saturated heterocycles. The molecule has 0 aliphatic rings. The Morgan fingerprint density at radius 2 is 1.97 bits per heavy atom. The van der Waals surface area contributed by atoms with E-state index >= 15 is 0 Å². The van der Waals surface area contributed by atoms with Gasteiger partial charge in [-0.1, -0.05) is 24.3 Å². The molecule has 29 heavy (non-hydrogen) atoms. The van der Waals surface area contributed by atoms with Gasteiger partial charge in [0.15, 0.2) is 4.96 Å². The minimum atomic E-state index is -0.0920. The van der Waals surface area contributed by atoms with Crippen LogP contribution in [-0.2, 0) is 11.2 Å². The molecule has 0 spiro atoms. The molecule has 1 N–H and O–H groups in total. The topological polar surface area (TPSA) is 55.6 Å². The Kier molecular flexibility index (Phi) is 6.25. The summed E-state index contributed by atoms with van der Waals surface area (Å²) in [5.41, 5.74) is 6.09. The van der Waals surface area contributed by atoms with Crippen LogP contribution in [0.3, 0.4) is 0 Å². The number of carbonyl (C=O) groups excluding carboxylic acids is 1. The molecule has 0 fully saturated rings. The summed E-state index contributed by atoms with van der Waals surface area (Å²) >= 11 is 1.54. The van der Waals surface area contributed by atoms with Crippen LogP contribution in [-0.4, -0.2) is 22.4 Å². The summed E-state index contributed by atoms with van der Waals surface area (Å²) in [6, 6.07) is 13.7. The van der Waals surface area contributed by atoms with Crippen LogP contribution >= 0.6 is 23.7 Å². The second-order valence-electron chi connectivity index (χ2n) is 6.73. The van der Waals surface area contributed by atoms with Crippen molar-refractivity contribution < 1.29 is 9.53 Å². The second kappa shape index (κ2) is 8.68. The van der Waals surface area contributed by atoms with Crippen LogP contribution in [0.4, 0.5) is 5.69 Å². The molecule has 0 saturated carbocycles. The third kappa shape index (κ3) is 4.28. The van der Waals surface area contributed by atoms with Crippen LogP contribution in [0.2, 0.25) is 0 Å². The quantitative estimate of drug-likeness (QED) is 0.470. The van der Waals surface area contributed by atoms with E-state index in [4.69, 9.17) is 9.72 Å². The van der Waals surface area contributed by atoms with Crippen molar-refractivity contribution in [2.24, 2.45) is 0 Å². The van der Waals surface area contributed by atoms with Gasteiger partial charge in [-0.2, -0.15) is 0 Å². The fourth-order valence-electron chi connectivity index (χ4n) is 3.10. The number of aromatic nitrogens is 2. The van der Waals surface area contributed by atoms with Crippen molar-refractivity contribution in [3.63, 3.8) is 0 Å². The predicted octanol–water partition coefficient (Wildman–Crippen LogP) is 5.29.